The topological polar surface area (TPSA) is 138 Å². The van der Waals surface area contributed by atoms with Crippen molar-refractivity contribution in [3.8, 4) is 0 Å². The number of carboxylic acid groups (broad SMARTS) is 1. The Morgan fingerprint density at radius 1 is 1.41 bits per heavy atom. The number of rotatable bonds is 4. The van der Waals surface area contributed by atoms with E-state index in [1.54, 1.807) is 6.07 Å². The molecule has 0 spiro atoms. The zero-order chi connectivity index (χ0) is 18.9. The molecule has 0 unspecified atom stereocenters. The maximum absolute atomic E-state index is 12.9. The maximum Gasteiger partial charge on any atom is 0.322 e. The number of nitrogens with zero attached hydrogens (tertiary/aromatic N) is 3. The van der Waals surface area contributed by atoms with Gasteiger partial charge in [-0.3, -0.25) is 9.78 Å². The standard InChI is InChI=1S/C15H16ClN5O4S.ClH/c16-20-15(17)19-12-8-18-7-9-6-10(3-4-11(9)12)26(24,25)21-5-1-2-13(21)14(22)23;/h3-4,6-8,13H,1-2,5H2,(H,22,23)(H3,17,19,20);1H/t13-;/m1./s1. The van der Waals surface area contributed by atoms with Crippen LogP contribution in [-0.2, 0) is 14.8 Å². The van der Waals surface area contributed by atoms with E-state index in [-0.39, 0.29) is 29.8 Å². The van der Waals surface area contributed by atoms with Gasteiger partial charge in [0.25, 0.3) is 0 Å². The summed E-state index contributed by atoms with van der Waals surface area (Å²) in [5.74, 6) is -1.17. The van der Waals surface area contributed by atoms with Crippen LogP contribution in [0.25, 0.3) is 10.8 Å². The van der Waals surface area contributed by atoms with Gasteiger partial charge in [0.15, 0.2) is 0 Å². The van der Waals surface area contributed by atoms with Crippen molar-refractivity contribution >= 4 is 62.6 Å². The number of hydrogen-bond donors (Lipinski definition) is 3. The molecule has 146 valence electrons. The fourth-order valence-corrected chi connectivity index (χ4v) is 4.71. The van der Waals surface area contributed by atoms with Crippen molar-refractivity contribution < 1.29 is 18.3 Å². The van der Waals surface area contributed by atoms with Crippen LogP contribution in [0.5, 0.6) is 0 Å². The molecule has 9 nitrogen and oxygen atoms in total. The van der Waals surface area contributed by atoms with Crippen LogP contribution in [0.3, 0.4) is 0 Å². The summed E-state index contributed by atoms with van der Waals surface area (Å²) in [6.45, 7) is 0.180. The summed E-state index contributed by atoms with van der Waals surface area (Å²) in [4.78, 5) is 15.4. The first-order valence-corrected chi connectivity index (χ1v) is 9.46. The van der Waals surface area contributed by atoms with Gasteiger partial charge in [0.05, 0.1) is 16.8 Å². The van der Waals surface area contributed by atoms with Crippen molar-refractivity contribution in [2.24, 2.45) is 10.2 Å². The monoisotopic (exact) mass is 433 g/mol. The average Bonchev–Trinajstić information content (AvgIpc) is 3.12. The summed E-state index contributed by atoms with van der Waals surface area (Å²) in [7, 11) is -3.93. The summed E-state index contributed by atoms with van der Waals surface area (Å²) in [6, 6.07) is 3.43. The number of aliphatic carboxylic acids is 1. The number of carboxylic acids is 1. The van der Waals surface area contributed by atoms with Gasteiger partial charge < -0.3 is 16.2 Å². The van der Waals surface area contributed by atoms with E-state index in [1.165, 1.54) is 24.5 Å². The Kier molecular flexibility index (Phi) is 6.47. The first-order valence-electron chi connectivity index (χ1n) is 7.68. The number of hydrogen-bond acceptors (Lipinski definition) is 5. The normalized spacial score (nSPS) is 18.3. The highest BCUT2D eigenvalue weighted by Crippen LogP contribution is 2.30. The Morgan fingerprint density at radius 3 is 2.81 bits per heavy atom. The third kappa shape index (κ3) is 4.08. The van der Waals surface area contributed by atoms with E-state index in [4.69, 9.17) is 17.5 Å². The molecule has 1 aromatic carbocycles. The molecule has 1 aliphatic heterocycles. The maximum atomic E-state index is 12.9. The summed E-state index contributed by atoms with van der Waals surface area (Å²) >= 11 is 5.30. The lowest BCUT2D eigenvalue weighted by molar-refractivity contribution is -0.140. The predicted molar refractivity (Wildman–Crippen MR) is 105 cm³/mol. The number of aromatic nitrogens is 1. The minimum absolute atomic E-state index is 0. The minimum atomic E-state index is -3.93. The zero-order valence-corrected chi connectivity index (χ0v) is 16.3. The van der Waals surface area contributed by atoms with Crippen molar-refractivity contribution in [2.45, 2.75) is 23.8 Å². The van der Waals surface area contributed by atoms with E-state index in [0.29, 0.717) is 29.3 Å². The van der Waals surface area contributed by atoms with Crippen molar-refractivity contribution in [3.05, 3.63) is 30.6 Å². The molecule has 1 aliphatic rings. The van der Waals surface area contributed by atoms with Crippen molar-refractivity contribution in [2.75, 3.05) is 11.9 Å². The Morgan fingerprint density at radius 2 is 2.15 bits per heavy atom. The molecule has 2 aromatic rings. The highest BCUT2D eigenvalue weighted by atomic mass is 35.5. The van der Waals surface area contributed by atoms with E-state index in [1.807, 2.05) is 0 Å². The molecular formula is C15H17Cl2N5O4S. The van der Waals surface area contributed by atoms with Crippen LogP contribution in [0.2, 0.25) is 0 Å². The van der Waals surface area contributed by atoms with Gasteiger partial charge in [0.2, 0.25) is 16.0 Å². The highest BCUT2D eigenvalue weighted by molar-refractivity contribution is 7.89. The SMILES string of the molecule is Cl.NC(=NCl)Nc1cncc2cc(S(=O)(=O)N3CCC[C@@H]3C(=O)O)ccc12. The molecule has 0 bridgehead atoms. The second-order valence-electron chi connectivity index (χ2n) is 5.78. The number of anilines is 1. The van der Waals surface area contributed by atoms with Gasteiger partial charge in [0.1, 0.15) is 6.04 Å². The van der Waals surface area contributed by atoms with Gasteiger partial charge in [-0.1, -0.05) is 6.07 Å². The summed E-state index contributed by atoms with van der Waals surface area (Å²) in [5.41, 5.74) is 6.05. The van der Waals surface area contributed by atoms with Crippen LogP contribution in [0.4, 0.5) is 5.69 Å². The number of nitrogens with two attached hydrogens (primary N) is 1. The molecule has 0 aliphatic carbocycles. The molecule has 0 saturated carbocycles. The van der Waals surface area contributed by atoms with E-state index in [0.717, 1.165) is 4.31 Å². The van der Waals surface area contributed by atoms with Crippen molar-refractivity contribution in [1.82, 2.24) is 9.29 Å². The molecule has 1 aromatic heterocycles. The lowest BCUT2D eigenvalue weighted by Crippen LogP contribution is -2.40. The lowest BCUT2D eigenvalue weighted by atomic mass is 10.1. The van der Waals surface area contributed by atoms with E-state index >= 15 is 0 Å². The Labute approximate surface area is 166 Å². The van der Waals surface area contributed by atoms with Crippen LogP contribution in [0.1, 0.15) is 12.8 Å². The molecule has 1 fully saturated rings. The van der Waals surface area contributed by atoms with E-state index in [2.05, 4.69) is 14.8 Å². The fraction of sp³-hybridized carbons (Fsp3) is 0.267. The zero-order valence-electron chi connectivity index (χ0n) is 13.9. The number of pyridine rings is 1. The van der Waals surface area contributed by atoms with Gasteiger partial charge in [-0.25, -0.2) is 8.42 Å². The first kappa shape index (κ1) is 21.2. The fourth-order valence-electron chi connectivity index (χ4n) is 2.98. The number of nitrogens with one attached hydrogen (secondary N) is 1. The number of sulfonamides is 1. The first-order chi connectivity index (χ1) is 12.3. The van der Waals surface area contributed by atoms with E-state index in [9.17, 15) is 18.3 Å². The minimum Gasteiger partial charge on any atom is -0.480 e. The smallest absolute Gasteiger partial charge is 0.322 e. The van der Waals surface area contributed by atoms with E-state index < -0.39 is 22.0 Å². The molecule has 0 radical (unpaired) electrons. The summed E-state index contributed by atoms with van der Waals surface area (Å²) in [6.07, 6.45) is 3.82. The molecule has 1 atom stereocenters. The van der Waals surface area contributed by atoms with Gasteiger partial charge in [-0.15, -0.1) is 16.9 Å². The predicted octanol–water partition coefficient (Wildman–Crippen LogP) is 1.77. The van der Waals surface area contributed by atoms with Crippen LogP contribution < -0.4 is 11.1 Å². The lowest BCUT2D eigenvalue weighted by Gasteiger charge is -2.21. The number of guanidine groups is 1. The van der Waals surface area contributed by atoms with Gasteiger partial charge in [-0.2, -0.15) is 4.31 Å². The largest absolute Gasteiger partial charge is 0.480 e. The number of fused-ring (bicyclic) bond motifs is 1. The highest BCUT2D eigenvalue weighted by Gasteiger charge is 2.39. The molecule has 12 heteroatoms. The number of halogens is 2. The Balaban J connectivity index is 0.00000261. The average molecular weight is 434 g/mol. The van der Waals surface area contributed by atoms with Gasteiger partial charge >= 0.3 is 5.97 Å². The van der Waals surface area contributed by atoms with Crippen LogP contribution >= 0.6 is 24.2 Å². The van der Waals surface area contributed by atoms with Gasteiger partial charge in [0, 0.05) is 35.3 Å². The molecule has 27 heavy (non-hydrogen) atoms. The molecule has 4 N–H and O–H groups in total. The third-order valence-electron chi connectivity index (χ3n) is 4.18. The van der Waals surface area contributed by atoms with Crippen LogP contribution in [-0.4, -0.2) is 47.3 Å². The molecular weight excluding hydrogens is 417 g/mol. The quantitative estimate of drug-likeness (QED) is 0.493. The molecule has 1 saturated heterocycles. The Hall–Kier alpha value is -2.14. The summed E-state index contributed by atoms with van der Waals surface area (Å²) < 4.78 is 30.1. The summed E-state index contributed by atoms with van der Waals surface area (Å²) in [5, 5.41) is 13.2. The second-order valence-corrected chi connectivity index (χ2v) is 7.84. The Bertz CT molecular complexity index is 999. The number of carbonyl (C=O) groups is 1. The van der Waals surface area contributed by atoms with Crippen molar-refractivity contribution in [1.29, 1.82) is 0 Å². The molecule has 2 heterocycles. The molecule has 3 rings (SSSR count). The van der Waals surface area contributed by atoms with Crippen molar-refractivity contribution in [3.63, 3.8) is 0 Å². The number of benzene rings is 1. The molecule has 0 amide bonds. The third-order valence-corrected chi connectivity index (χ3v) is 6.27. The van der Waals surface area contributed by atoms with Gasteiger partial charge in [-0.05, 0) is 25.0 Å². The second kappa shape index (κ2) is 8.26. The van der Waals surface area contributed by atoms with Crippen LogP contribution in [0.15, 0.2) is 40.0 Å². The van der Waals surface area contributed by atoms with Crippen LogP contribution in [0, 0.1) is 0 Å².